The average Bonchev–Trinajstić information content (AvgIpc) is 2.25. The average molecular weight is 297 g/mol. The predicted molar refractivity (Wildman–Crippen MR) is 61.1 cm³/mol. The lowest BCUT2D eigenvalue weighted by Crippen LogP contribution is -2.35. The van der Waals surface area contributed by atoms with E-state index in [1.807, 2.05) is 0 Å². The van der Waals surface area contributed by atoms with E-state index in [4.69, 9.17) is 11.6 Å². The molecule has 0 N–H and O–H groups in total. The molecule has 0 aromatic heterocycles. The Morgan fingerprint density at radius 2 is 2.05 bits per heavy atom. The first-order chi connectivity index (χ1) is 8.61. The Balaban J connectivity index is 2.97. The fraction of sp³-hybridized carbons (Fsp3) is 0.300. The Bertz CT molecular complexity index is 519. The number of benzene rings is 1. The Kier molecular flexibility index (Phi) is 4.35. The molecule has 0 radical (unpaired) electrons. The highest BCUT2D eigenvalue weighted by molar-refractivity contribution is 6.34. The molecule has 9 heteroatoms. The van der Waals surface area contributed by atoms with E-state index in [2.05, 4.69) is 0 Å². The van der Waals surface area contributed by atoms with Crippen LogP contribution in [-0.4, -0.2) is 35.5 Å². The van der Waals surface area contributed by atoms with Crippen LogP contribution in [0.25, 0.3) is 0 Å². The quantitative estimate of drug-likeness (QED) is 0.636. The molecule has 0 aliphatic heterocycles. The number of amides is 1. The largest absolute Gasteiger partial charge is 0.406 e. The monoisotopic (exact) mass is 296 g/mol. The van der Waals surface area contributed by atoms with Crippen molar-refractivity contribution in [2.75, 3.05) is 13.6 Å². The summed E-state index contributed by atoms with van der Waals surface area (Å²) in [6.45, 7) is -1.43. The number of halogens is 4. The normalized spacial score (nSPS) is 11.2. The maximum Gasteiger partial charge on any atom is 0.406 e. The van der Waals surface area contributed by atoms with Gasteiger partial charge in [0.2, 0.25) is 0 Å². The number of hydrogen-bond donors (Lipinski definition) is 0. The summed E-state index contributed by atoms with van der Waals surface area (Å²) in [5.74, 6) is -0.961. The molecule has 5 nitrogen and oxygen atoms in total. The van der Waals surface area contributed by atoms with Gasteiger partial charge in [0.15, 0.2) is 0 Å². The number of carbonyl (C=O) groups excluding carboxylic acids is 1. The summed E-state index contributed by atoms with van der Waals surface area (Å²) in [6, 6.07) is 2.94. The van der Waals surface area contributed by atoms with Crippen LogP contribution in [0.4, 0.5) is 18.9 Å². The summed E-state index contributed by atoms with van der Waals surface area (Å²) < 4.78 is 36.4. The molecule has 0 spiro atoms. The number of nitro groups is 1. The third-order valence-electron chi connectivity index (χ3n) is 2.16. The molecule has 0 unspecified atom stereocenters. The van der Waals surface area contributed by atoms with E-state index in [-0.39, 0.29) is 16.3 Å². The zero-order valence-corrected chi connectivity index (χ0v) is 10.3. The minimum atomic E-state index is -4.53. The van der Waals surface area contributed by atoms with E-state index in [9.17, 15) is 28.1 Å². The van der Waals surface area contributed by atoms with Crippen molar-refractivity contribution in [1.29, 1.82) is 0 Å². The highest BCUT2D eigenvalue weighted by Crippen LogP contribution is 2.24. The third kappa shape index (κ3) is 4.09. The zero-order valence-electron chi connectivity index (χ0n) is 9.57. The molecule has 19 heavy (non-hydrogen) atoms. The fourth-order valence-electron chi connectivity index (χ4n) is 1.34. The van der Waals surface area contributed by atoms with Gasteiger partial charge in [-0.1, -0.05) is 11.6 Å². The molecule has 1 aromatic carbocycles. The van der Waals surface area contributed by atoms with Crippen molar-refractivity contribution in [3.63, 3.8) is 0 Å². The highest BCUT2D eigenvalue weighted by atomic mass is 35.5. The molecular weight excluding hydrogens is 289 g/mol. The molecule has 0 bridgehead atoms. The lowest BCUT2D eigenvalue weighted by Gasteiger charge is -2.19. The molecule has 0 saturated carbocycles. The second kappa shape index (κ2) is 5.43. The van der Waals surface area contributed by atoms with Crippen LogP contribution in [0.3, 0.4) is 0 Å². The third-order valence-corrected chi connectivity index (χ3v) is 2.47. The zero-order chi connectivity index (χ0) is 14.8. The minimum absolute atomic E-state index is 0.223. The first-order valence-corrected chi connectivity index (χ1v) is 5.26. The first kappa shape index (κ1) is 15.2. The number of non-ortho nitro benzene ring substituents is 1. The molecule has 0 atom stereocenters. The van der Waals surface area contributed by atoms with E-state index >= 15 is 0 Å². The van der Waals surface area contributed by atoms with Crippen molar-refractivity contribution in [2.24, 2.45) is 0 Å². The second-order valence-electron chi connectivity index (χ2n) is 3.70. The van der Waals surface area contributed by atoms with Gasteiger partial charge in [0, 0.05) is 19.2 Å². The SMILES string of the molecule is CN(CC(F)(F)F)C(=O)c1ccc([N+](=O)[O-])cc1Cl. The van der Waals surface area contributed by atoms with Crippen molar-refractivity contribution in [1.82, 2.24) is 4.90 Å². The second-order valence-corrected chi connectivity index (χ2v) is 4.10. The fourth-order valence-corrected chi connectivity index (χ4v) is 1.59. The topological polar surface area (TPSA) is 63.5 Å². The lowest BCUT2D eigenvalue weighted by atomic mass is 10.2. The van der Waals surface area contributed by atoms with Gasteiger partial charge in [0.1, 0.15) is 6.54 Å². The Labute approximate surface area is 110 Å². The van der Waals surface area contributed by atoms with Gasteiger partial charge in [0.25, 0.3) is 11.6 Å². The van der Waals surface area contributed by atoms with Gasteiger partial charge in [-0.15, -0.1) is 0 Å². The minimum Gasteiger partial charge on any atom is -0.333 e. The molecule has 104 valence electrons. The van der Waals surface area contributed by atoms with Crippen molar-refractivity contribution >= 4 is 23.2 Å². The van der Waals surface area contributed by atoms with Crippen LogP contribution in [-0.2, 0) is 0 Å². The Morgan fingerprint density at radius 3 is 2.47 bits per heavy atom. The highest BCUT2D eigenvalue weighted by Gasteiger charge is 2.32. The molecule has 0 fully saturated rings. The molecule has 1 rings (SSSR count). The van der Waals surface area contributed by atoms with Gasteiger partial charge in [-0.25, -0.2) is 0 Å². The van der Waals surface area contributed by atoms with Crippen LogP contribution in [0.2, 0.25) is 5.02 Å². The van der Waals surface area contributed by atoms with E-state index in [0.29, 0.717) is 4.90 Å². The lowest BCUT2D eigenvalue weighted by molar-refractivity contribution is -0.384. The van der Waals surface area contributed by atoms with Crippen LogP contribution in [0.15, 0.2) is 18.2 Å². The summed E-state index contributed by atoms with van der Waals surface area (Å²) in [5.41, 5.74) is -0.570. The van der Waals surface area contributed by atoms with Crippen molar-refractivity contribution < 1.29 is 22.9 Å². The summed E-state index contributed by atoms with van der Waals surface area (Å²) in [7, 11) is 0.966. The smallest absolute Gasteiger partial charge is 0.333 e. The van der Waals surface area contributed by atoms with Crippen LogP contribution in [0.1, 0.15) is 10.4 Å². The van der Waals surface area contributed by atoms with Crippen molar-refractivity contribution in [3.05, 3.63) is 38.9 Å². The maximum absolute atomic E-state index is 12.1. The van der Waals surface area contributed by atoms with Crippen LogP contribution in [0.5, 0.6) is 0 Å². The molecule has 0 saturated heterocycles. The molecule has 1 aromatic rings. The van der Waals surface area contributed by atoms with Gasteiger partial charge in [0.05, 0.1) is 15.5 Å². The molecule has 0 aliphatic rings. The standard InChI is InChI=1S/C10H8ClF3N2O3/c1-15(5-10(12,13)14)9(17)7-3-2-6(16(18)19)4-8(7)11/h2-4H,5H2,1H3. The number of rotatable bonds is 3. The first-order valence-electron chi connectivity index (χ1n) is 4.88. The number of alkyl halides is 3. The van der Waals surface area contributed by atoms with Gasteiger partial charge < -0.3 is 4.90 Å². The van der Waals surface area contributed by atoms with E-state index in [0.717, 1.165) is 25.2 Å². The molecule has 1 amide bonds. The summed E-state index contributed by atoms with van der Waals surface area (Å²) in [5, 5.41) is 10.2. The van der Waals surface area contributed by atoms with E-state index in [1.165, 1.54) is 0 Å². The molecule has 0 aliphatic carbocycles. The van der Waals surface area contributed by atoms with E-state index < -0.39 is 23.6 Å². The van der Waals surface area contributed by atoms with Gasteiger partial charge in [-0.3, -0.25) is 14.9 Å². The number of carbonyl (C=O) groups is 1. The van der Waals surface area contributed by atoms with Crippen molar-refractivity contribution in [2.45, 2.75) is 6.18 Å². The van der Waals surface area contributed by atoms with E-state index in [1.54, 1.807) is 0 Å². The summed E-state index contributed by atoms with van der Waals surface area (Å²) in [6.07, 6.45) is -4.53. The Morgan fingerprint density at radius 1 is 1.47 bits per heavy atom. The number of nitro benzene ring substituents is 1. The van der Waals surface area contributed by atoms with Crippen molar-refractivity contribution in [3.8, 4) is 0 Å². The van der Waals surface area contributed by atoms with Gasteiger partial charge in [-0.2, -0.15) is 13.2 Å². The predicted octanol–water partition coefficient (Wildman–Crippen LogP) is 2.88. The van der Waals surface area contributed by atoms with Crippen LogP contribution < -0.4 is 0 Å². The van der Waals surface area contributed by atoms with Gasteiger partial charge >= 0.3 is 6.18 Å². The molecular formula is C10H8ClF3N2O3. The Hall–Kier alpha value is -1.83. The summed E-state index contributed by atoms with van der Waals surface area (Å²) in [4.78, 5) is 21.9. The number of hydrogen-bond acceptors (Lipinski definition) is 3. The van der Waals surface area contributed by atoms with Crippen LogP contribution in [0, 0.1) is 10.1 Å². The van der Waals surface area contributed by atoms with Gasteiger partial charge in [-0.05, 0) is 6.07 Å². The number of nitrogens with zero attached hydrogens (tertiary/aromatic N) is 2. The summed E-state index contributed by atoms with van der Waals surface area (Å²) >= 11 is 5.65. The molecule has 0 heterocycles. The van der Waals surface area contributed by atoms with Crippen LogP contribution >= 0.6 is 11.6 Å². The maximum atomic E-state index is 12.1.